The topological polar surface area (TPSA) is 169 Å². The van der Waals surface area contributed by atoms with Gasteiger partial charge >= 0.3 is 0 Å². The van der Waals surface area contributed by atoms with Crippen LogP contribution in [-0.4, -0.2) is 37.9 Å². The van der Waals surface area contributed by atoms with Crippen LogP contribution in [0, 0.1) is 11.3 Å². The van der Waals surface area contributed by atoms with Gasteiger partial charge in [0.25, 0.3) is 11.5 Å². The first-order valence-corrected chi connectivity index (χ1v) is 12.2. The second-order valence-corrected chi connectivity index (χ2v) is 9.48. The molecule has 2 aliphatic carbocycles. The summed E-state index contributed by atoms with van der Waals surface area (Å²) in [5.74, 6) is 0.875. The fraction of sp³-hybridized carbons (Fsp3) is 0.308. The molecule has 0 saturated carbocycles. The van der Waals surface area contributed by atoms with Gasteiger partial charge in [-0.25, -0.2) is 9.67 Å². The number of anilines is 1. The number of nitriles is 1. The molecule has 0 aliphatic heterocycles. The van der Waals surface area contributed by atoms with E-state index in [2.05, 4.69) is 31.6 Å². The fourth-order valence-corrected chi connectivity index (χ4v) is 5.88. The summed E-state index contributed by atoms with van der Waals surface area (Å²) in [7, 11) is 1.52. The molecule has 1 aromatic carbocycles. The highest BCUT2D eigenvalue weighted by Crippen LogP contribution is 2.52. The number of nitrogen functional groups attached to an aromatic ring is 1. The summed E-state index contributed by atoms with van der Waals surface area (Å²) in [5.41, 5.74) is 9.89. The molecule has 186 valence electrons. The molecule has 0 radical (unpaired) electrons. The number of aromatic nitrogens is 5. The van der Waals surface area contributed by atoms with E-state index in [0.29, 0.717) is 29.1 Å². The third-order valence-electron chi connectivity index (χ3n) is 7.45. The van der Waals surface area contributed by atoms with Crippen molar-refractivity contribution in [3.05, 3.63) is 74.5 Å². The number of rotatable bonds is 3. The first-order valence-electron chi connectivity index (χ1n) is 12.2. The Bertz CT molecular complexity index is 1650. The lowest BCUT2D eigenvalue weighted by Gasteiger charge is -2.41. The second-order valence-electron chi connectivity index (χ2n) is 9.48. The van der Waals surface area contributed by atoms with E-state index in [-0.39, 0.29) is 28.8 Å². The third-order valence-corrected chi connectivity index (χ3v) is 7.45. The molecule has 2 aliphatic rings. The Morgan fingerprint density at radius 2 is 2.08 bits per heavy atom. The zero-order chi connectivity index (χ0) is 25.7. The number of aryl methyl sites for hydroxylation is 1. The number of hydrogen-bond donors (Lipinski definition) is 3. The Kier molecular flexibility index (Phi) is 5.19. The molecule has 11 nitrogen and oxygen atoms in total. The zero-order valence-electron chi connectivity index (χ0n) is 20.2. The minimum absolute atomic E-state index is 0.204. The van der Waals surface area contributed by atoms with Gasteiger partial charge in [0.2, 0.25) is 0 Å². The maximum Gasteiger partial charge on any atom is 0.271 e. The van der Waals surface area contributed by atoms with E-state index >= 15 is 0 Å². The highest BCUT2D eigenvalue weighted by molar-refractivity contribution is 5.91. The molecule has 0 bridgehead atoms. The molecule has 37 heavy (non-hydrogen) atoms. The number of carbonyl (C=O) groups excluding carboxylic acids is 1. The fourth-order valence-electron chi connectivity index (χ4n) is 5.88. The second kappa shape index (κ2) is 8.44. The highest BCUT2D eigenvalue weighted by Gasteiger charge is 2.47. The number of amides is 1. The summed E-state index contributed by atoms with van der Waals surface area (Å²) >= 11 is 0. The minimum Gasteiger partial charge on any atom is -0.398 e. The Balaban J connectivity index is 1.48. The van der Waals surface area contributed by atoms with Gasteiger partial charge in [0, 0.05) is 30.6 Å². The highest BCUT2D eigenvalue weighted by atomic mass is 16.5. The number of fused-ring (bicyclic) bond motifs is 4. The van der Waals surface area contributed by atoms with Crippen LogP contribution in [0.2, 0.25) is 0 Å². The number of hydrogen-bond acceptors (Lipinski definition) is 8. The smallest absolute Gasteiger partial charge is 0.271 e. The van der Waals surface area contributed by atoms with Gasteiger partial charge < -0.3 is 20.6 Å². The monoisotopic (exact) mass is 496 g/mol. The van der Waals surface area contributed by atoms with Crippen molar-refractivity contribution in [1.82, 2.24) is 30.2 Å². The SMILES string of the molecule is CNC(=O)c1ccn(-c2cc(=O)[nH]c(-c3noc4c3CCC[C@@]43CCCc4ccc(N)c(C#N)c43)n2)n1. The number of aromatic amines is 1. The summed E-state index contributed by atoms with van der Waals surface area (Å²) in [6.07, 6.45) is 6.59. The Morgan fingerprint density at radius 3 is 2.86 bits per heavy atom. The van der Waals surface area contributed by atoms with Crippen LogP contribution >= 0.6 is 0 Å². The maximum atomic E-state index is 12.6. The van der Waals surface area contributed by atoms with Crippen molar-refractivity contribution in [3.63, 3.8) is 0 Å². The van der Waals surface area contributed by atoms with Crippen LogP contribution in [0.1, 0.15) is 64.2 Å². The van der Waals surface area contributed by atoms with Crippen LogP contribution in [0.5, 0.6) is 0 Å². The standard InChI is InChI=1S/C26H24N8O3/c1-29-25(36)18-8-11-34(32-18)19-12-20(35)31-24(30-19)22-15-5-3-10-26(23(15)37-33-22)9-2-4-14-6-7-17(28)16(13-27)21(14)26/h6-8,11-12H,2-5,9-10,28H2,1H3,(H,29,36)(H,30,31,35)/t26-/m1/s1. The molecule has 0 saturated heterocycles. The Morgan fingerprint density at radius 1 is 1.27 bits per heavy atom. The molecule has 1 amide bonds. The van der Waals surface area contributed by atoms with Crippen LogP contribution < -0.4 is 16.6 Å². The van der Waals surface area contributed by atoms with E-state index in [0.717, 1.165) is 48.8 Å². The molecule has 3 heterocycles. The zero-order valence-corrected chi connectivity index (χ0v) is 20.2. The van der Waals surface area contributed by atoms with Gasteiger partial charge in [-0.2, -0.15) is 10.4 Å². The van der Waals surface area contributed by atoms with Crippen LogP contribution in [-0.2, 0) is 18.3 Å². The summed E-state index contributed by atoms with van der Waals surface area (Å²) in [6, 6.07) is 8.99. The average Bonchev–Trinajstić information content (AvgIpc) is 3.57. The molecule has 0 fully saturated rings. The van der Waals surface area contributed by atoms with E-state index in [1.807, 2.05) is 6.07 Å². The first-order chi connectivity index (χ1) is 17.9. The van der Waals surface area contributed by atoms with Gasteiger partial charge in [-0.05, 0) is 61.8 Å². The van der Waals surface area contributed by atoms with Gasteiger partial charge in [0.1, 0.15) is 6.07 Å². The largest absolute Gasteiger partial charge is 0.398 e. The lowest BCUT2D eigenvalue weighted by molar-refractivity contribution is 0.0957. The molecule has 4 N–H and O–H groups in total. The maximum absolute atomic E-state index is 12.6. The number of nitrogens with zero attached hydrogens (tertiary/aromatic N) is 5. The van der Waals surface area contributed by atoms with Crippen LogP contribution in [0.25, 0.3) is 17.3 Å². The third kappa shape index (κ3) is 3.44. The molecule has 3 aromatic heterocycles. The van der Waals surface area contributed by atoms with Crippen LogP contribution in [0.3, 0.4) is 0 Å². The predicted octanol–water partition coefficient (Wildman–Crippen LogP) is 2.38. The Hall–Kier alpha value is -4.72. The van der Waals surface area contributed by atoms with Gasteiger partial charge in [-0.3, -0.25) is 9.59 Å². The normalized spacial score (nSPS) is 18.2. The van der Waals surface area contributed by atoms with Crippen molar-refractivity contribution in [3.8, 4) is 23.4 Å². The summed E-state index contributed by atoms with van der Waals surface area (Å²) < 4.78 is 7.40. The first kappa shape index (κ1) is 22.7. The molecule has 1 atom stereocenters. The quantitative estimate of drug-likeness (QED) is 0.363. The molecule has 0 unspecified atom stereocenters. The van der Waals surface area contributed by atoms with Crippen LogP contribution in [0.4, 0.5) is 5.69 Å². The lowest BCUT2D eigenvalue weighted by atomic mass is 9.61. The minimum atomic E-state index is -0.505. The molecule has 4 aromatic rings. The lowest BCUT2D eigenvalue weighted by Crippen LogP contribution is -2.36. The van der Waals surface area contributed by atoms with Crippen molar-refractivity contribution >= 4 is 11.6 Å². The van der Waals surface area contributed by atoms with Crippen molar-refractivity contribution in [2.75, 3.05) is 12.8 Å². The number of nitrogens with two attached hydrogens (primary N) is 1. The molecule has 1 spiro atoms. The van der Waals surface area contributed by atoms with E-state index in [4.69, 9.17) is 10.3 Å². The van der Waals surface area contributed by atoms with Gasteiger partial charge in [-0.1, -0.05) is 11.2 Å². The number of H-pyrrole nitrogens is 1. The van der Waals surface area contributed by atoms with E-state index in [9.17, 15) is 14.9 Å². The van der Waals surface area contributed by atoms with Crippen molar-refractivity contribution in [1.29, 1.82) is 5.26 Å². The van der Waals surface area contributed by atoms with E-state index in [1.165, 1.54) is 17.8 Å². The van der Waals surface area contributed by atoms with Crippen molar-refractivity contribution < 1.29 is 9.32 Å². The van der Waals surface area contributed by atoms with Gasteiger partial charge in [-0.15, -0.1) is 0 Å². The summed E-state index contributed by atoms with van der Waals surface area (Å²) in [5, 5.41) is 21.1. The molecule has 11 heteroatoms. The van der Waals surface area contributed by atoms with Gasteiger partial charge in [0.05, 0.1) is 11.0 Å². The summed E-state index contributed by atoms with van der Waals surface area (Å²) in [4.78, 5) is 31.9. The van der Waals surface area contributed by atoms with E-state index < -0.39 is 5.41 Å². The molecular weight excluding hydrogens is 472 g/mol. The number of benzene rings is 1. The predicted molar refractivity (Wildman–Crippen MR) is 133 cm³/mol. The van der Waals surface area contributed by atoms with E-state index in [1.54, 1.807) is 18.3 Å². The van der Waals surface area contributed by atoms with Gasteiger partial charge in [0.15, 0.2) is 28.8 Å². The van der Waals surface area contributed by atoms with Crippen LogP contribution in [0.15, 0.2) is 39.8 Å². The van der Waals surface area contributed by atoms with Crippen molar-refractivity contribution in [2.24, 2.45) is 0 Å². The average molecular weight is 497 g/mol. The molecule has 6 rings (SSSR count). The van der Waals surface area contributed by atoms with Crippen molar-refractivity contribution in [2.45, 2.75) is 43.9 Å². The molecular formula is C26H24N8O3. The number of carbonyl (C=O) groups is 1. The summed E-state index contributed by atoms with van der Waals surface area (Å²) in [6.45, 7) is 0. The Labute approximate surface area is 211 Å². The number of nitrogens with one attached hydrogen (secondary N) is 2.